The number of benzene rings is 1. The Morgan fingerprint density at radius 1 is 1.07 bits per heavy atom. The van der Waals surface area contributed by atoms with Crippen LogP contribution in [-0.2, 0) is 6.54 Å². The van der Waals surface area contributed by atoms with E-state index in [1.165, 1.54) is 11.8 Å². The molecule has 7 nitrogen and oxygen atoms in total. The molecule has 0 bridgehead atoms. The van der Waals surface area contributed by atoms with E-state index in [4.69, 9.17) is 4.42 Å². The van der Waals surface area contributed by atoms with Crippen LogP contribution in [0.1, 0.15) is 23.0 Å². The third-order valence-electron chi connectivity index (χ3n) is 5.18. The molecular formula is C22H25N5O2. The van der Waals surface area contributed by atoms with Gasteiger partial charge in [-0.3, -0.25) is 4.79 Å². The summed E-state index contributed by atoms with van der Waals surface area (Å²) in [5.74, 6) is 2.14. The minimum absolute atomic E-state index is 0.0574. The number of piperazine rings is 1. The lowest BCUT2D eigenvalue weighted by atomic mass is 10.2. The number of anilines is 2. The fraction of sp³-hybridized carbons (Fsp3) is 0.318. The third kappa shape index (κ3) is 4.39. The highest BCUT2D eigenvalue weighted by molar-refractivity contribution is 5.91. The van der Waals surface area contributed by atoms with E-state index in [2.05, 4.69) is 51.0 Å². The van der Waals surface area contributed by atoms with Crippen molar-refractivity contribution in [3.05, 3.63) is 72.4 Å². The lowest BCUT2D eigenvalue weighted by molar-refractivity contribution is 0.0714. The Balaban J connectivity index is 1.42. The van der Waals surface area contributed by atoms with E-state index in [1.807, 2.05) is 17.0 Å². The first-order chi connectivity index (χ1) is 14.2. The molecule has 3 aromatic rings. The first-order valence-electron chi connectivity index (χ1n) is 9.93. The first kappa shape index (κ1) is 19.0. The summed E-state index contributed by atoms with van der Waals surface area (Å²) in [5, 5.41) is 0. The molecule has 1 aliphatic heterocycles. The van der Waals surface area contributed by atoms with Gasteiger partial charge >= 0.3 is 0 Å². The van der Waals surface area contributed by atoms with E-state index in [1.54, 1.807) is 18.5 Å². The van der Waals surface area contributed by atoms with Crippen molar-refractivity contribution in [1.82, 2.24) is 14.9 Å². The highest BCUT2D eigenvalue weighted by Crippen LogP contribution is 2.21. The highest BCUT2D eigenvalue weighted by atomic mass is 16.3. The smallest absolute Gasteiger partial charge is 0.289 e. The van der Waals surface area contributed by atoms with Gasteiger partial charge in [0.05, 0.1) is 6.26 Å². The van der Waals surface area contributed by atoms with Crippen LogP contribution < -0.4 is 9.80 Å². The van der Waals surface area contributed by atoms with Crippen LogP contribution in [0.25, 0.3) is 0 Å². The second-order valence-electron chi connectivity index (χ2n) is 6.99. The lowest BCUT2D eigenvalue weighted by Crippen LogP contribution is -2.49. The van der Waals surface area contributed by atoms with Crippen molar-refractivity contribution in [2.75, 3.05) is 42.5 Å². The van der Waals surface area contributed by atoms with Crippen LogP contribution in [0.5, 0.6) is 0 Å². The van der Waals surface area contributed by atoms with Gasteiger partial charge in [0.2, 0.25) is 0 Å². The number of nitrogens with zero attached hydrogens (tertiary/aromatic N) is 5. The molecule has 4 rings (SSSR count). The van der Waals surface area contributed by atoms with Gasteiger partial charge < -0.3 is 19.1 Å². The van der Waals surface area contributed by atoms with Crippen LogP contribution in [0.3, 0.4) is 0 Å². The molecule has 0 saturated carbocycles. The van der Waals surface area contributed by atoms with Crippen LogP contribution >= 0.6 is 0 Å². The Kier molecular flexibility index (Phi) is 5.74. The fourth-order valence-corrected chi connectivity index (χ4v) is 3.54. The summed E-state index contributed by atoms with van der Waals surface area (Å²) in [6.45, 7) is 6.53. The quantitative estimate of drug-likeness (QED) is 0.643. The molecule has 2 aromatic heterocycles. The zero-order valence-electron chi connectivity index (χ0n) is 16.6. The summed E-state index contributed by atoms with van der Waals surface area (Å²) >= 11 is 0. The van der Waals surface area contributed by atoms with Crippen molar-refractivity contribution in [3.63, 3.8) is 0 Å². The molecule has 0 spiro atoms. The molecule has 0 aliphatic carbocycles. The third-order valence-corrected chi connectivity index (χ3v) is 5.18. The molecule has 0 radical (unpaired) electrons. The Labute approximate surface area is 170 Å². The van der Waals surface area contributed by atoms with E-state index in [0.29, 0.717) is 18.8 Å². The van der Waals surface area contributed by atoms with Crippen molar-refractivity contribution in [2.45, 2.75) is 13.5 Å². The standard InChI is InChI=1S/C22H25N5O2/c1-2-25(16-18-7-4-3-5-8-18)20-15-21(24-17-23-20)26-10-12-27(13-11-26)22(28)19-9-6-14-29-19/h3-9,14-15,17H,2,10-13,16H2,1H3. The average Bonchev–Trinajstić information content (AvgIpc) is 3.33. The number of hydrogen-bond acceptors (Lipinski definition) is 6. The summed E-state index contributed by atoms with van der Waals surface area (Å²) in [6, 6.07) is 15.9. The number of aromatic nitrogens is 2. The number of carbonyl (C=O) groups excluding carboxylic acids is 1. The largest absolute Gasteiger partial charge is 0.459 e. The lowest BCUT2D eigenvalue weighted by Gasteiger charge is -2.35. The maximum Gasteiger partial charge on any atom is 0.289 e. The summed E-state index contributed by atoms with van der Waals surface area (Å²) in [5.41, 5.74) is 1.25. The second-order valence-corrected chi connectivity index (χ2v) is 6.99. The van der Waals surface area contributed by atoms with Crippen LogP contribution in [-0.4, -0.2) is 53.5 Å². The predicted octanol–water partition coefficient (Wildman–Crippen LogP) is 3.06. The molecular weight excluding hydrogens is 366 g/mol. The van der Waals surface area contributed by atoms with E-state index >= 15 is 0 Å². The van der Waals surface area contributed by atoms with Crippen molar-refractivity contribution in [3.8, 4) is 0 Å². The zero-order valence-corrected chi connectivity index (χ0v) is 16.6. The van der Waals surface area contributed by atoms with E-state index in [0.717, 1.165) is 37.8 Å². The molecule has 1 amide bonds. The van der Waals surface area contributed by atoms with Crippen LogP contribution in [0, 0.1) is 0 Å². The average molecular weight is 391 g/mol. The monoisotopic (exact) mass is 391 g/mol. The second kappa shape index (κ2) is 8.77. The van der Waals surface area contributed by atoms with Gasteiger partial charge in [0.25, 0.3) is 5.91 Å². The maximum absolute atomic E-state index is 12.4. The molecule has 3 heterocycles. The normalized spacial score (nSPS) is 14.1. The highest BCUT2D eigenvalue weighted by Gasteiger charge is 2.24. The molecule has 1 saturated heterocycles. The molecule has 7 heteroatoms. The molecule has 1 aliphatic rings. The van der Waals surface area contributed by atoms with Gasteiger partial charge in [-0.05, 0) is 24.6 Å². The predicted molar refractivity (Wildman–Crippen MR) is 112 cm³/mol. The molecule has 29 heavy (non-hydrogen) atoms. The van der Waals surface area contributed by atoms with Crippen molar-refractivity contribution >= 4 is 17.5 Å². The summed E-state index contributed by atoms with van der Waals surface area (Å²) in [7, 11) is 0. The summed E-state index contributed by atoms with van der Waals surface area (Å²) in [6.07, 6.45) is 3.15. The molecule has 1 fully saturated rings. The maximum atomic E-state index is 12.4. The van der Waals surface area contributed by atoms with Crippen molar-refractivity contribution < 1.29 is 9.21 Å². The molecule has 0 atom stereocenters. The van der Waals surface area contributed by atoms with E-state index in [9.17, 15) is 4.79 Å². The minimum Gasteiger partial charge on any atom is -0.459 e. The van der Waals surface area contributed by atoms with E-state index in [-0.39, 0.29) is 5.91 Å². The Morgan fingerprint density at radius 3 is 2.55 bits per heavy atom. The van der Waals surface area contributed by atoms with Gasteiger partial charge in [-0.1, -0.05) is 30.3 Å². The number of rotatable bonds is 6. The Bertz CT molecular complexity index is 921. The van der Waals surface area contributed by atoms with Gasteiger partial charge in [0.15, 0.2) is 5.76 Å². The van der Waals surface area contributed by atoms with Gasteiger partial charge in [-0.2, -0.15) is 0 Å². The van der Waals surface area contributed by atoms with Crippen molar-refractivity contribution in [1.29, 1.82) is 0 Å². The number of amides is 1. The van der Waals surface area contributed by atoms with Crippen LogP contribution in [0.2, 0.25) is 0 Å². The van der Waals surface area contributed by atoms with Crippen LogP contribution in [0.15, 0.2) is 65.5 Å². The number of furan rings is 1. The molecule has 1 aromatic carbocycles. The van der Waals surface area contributed by atoms with E-state index < -0.39 is 0 Å². The minimum atomic E-state index is -0.0574. The Morgan fingerprint density at radius 2 is 1.86 bits per heavy atom. The van der Waals surface area contributed by atoms with Gasteiger partial charge in [-0.25, -0.2) is 9.97 Å². The van der Waals surface area contributed by atoms with Gasteiger partial charge in [-0.15, -0.1) is 0 Å². The van der Waals surface area contributed by atoms with Crippen LogP contribution in [0.4, 0.5) is 11.6 Å². The van der Waals surface area contributed by atoms with Gasteiger partial charge in [0, 0.05) is 45.3 Å². The fourth-order valence-electron chi connectivity index (χ4n) is 3.54. The molecule has 0 unspecified atom stereocenters. The van der Waals surface area contributed by atoms with Crippen molar-refractivity contribution in [2.24, 2.45) is 0 Å². The first-order valence-corrected chi connectivity index (χ1v) is 9.93. The zero-order chi connectivity index (χ0) is 20.1. The molecule has 0 N–H and O–H groups in total. The topological polar surface area (TPSA) is 65.7 Å². The number of carbonyl (C=O) groups is 1. The Hall–Kier alpha value is -3.35. The van der Waals surface area contributed by atoms with Gasteiger partial charge in [0.1, 0.15) is 18.0 Å². The summed E-state index contributed by atoms with van der Waals surface area (Å²) in [4.78, 5) is 27.7. The SMILES string of the molecule is CCN(Cc1ccccc1)c1cc(N2CCN(C(=O)c3ccco3)CC2)ncn1. The number of hydrogen-bond donors (Lipinski definition) is 0. The summed E-state index contributed by atoms with van der Waals surface area (Å²) < 4.78 is 5.23. The molecule has 150 valence electrons.